The highest BCUT2D eigenvalue weighted by molar-refractivity contribution is 9.10. The maximum absolute atomic E-state index is 12.3. The number of methoxy groups -OCH3 is 1. The lowest BCUT2D eigenvalue weighted by Crippen LogP contribution is -2.41. The number of amides is 2. The summed E-state index contributed by atoms with van der Waals surface area (Å²) in [6.45, 7) is 3.70. The van der Waals surface area contributed by atoms with E-state index in [9.17, 15) is 9.59 Å². The van der Waals surface area contributed by atoms with Gasteiger partial charge in [0, 0.05) is 18.2 Å². The molecular weight excluding hydrogens is 464 g/mol. The van der Waals surface area contributed by atoms with E-state index in [1.807, 2.05) is 0 Å². The molecule has 0 aliphatic heterocycles. The zero-order valence-electron chi connectivity index (χ0n) is 17.9. The molecule has 0 fully saturated rings. The maximum Gasteiger partial charge on any atom is 0.269 e. The van der Waals surface area contributed by atoms with E-state index in [-0.39, 0.29) is 0 Å². The van der Waals surface area contributed by atoms with Gasteiger partial charge >= 0.3 is 0 Å². The molecule has 0 saturated carbocycles. The number of unbranched alkanes of at least 4 members (excludes halogenated alkanes) is 3. The summed E-state index contributed by atoms with van der Waals surface area (Å²) in [6.07, 6.45) is 4.55. The molecule has 0 atom stereocenters. The second-order valence-corrected chi connectivity index (χ2v) is 7.68. The van der Waals surface area contributed by atoms with Crippen LogP contribution >= 0.6 is 15.9 Å². The van der Waals surface area contributed by atoms with Crippen LogP contribution in [0.1, 0.15) is 53.3 Å². The van der Waals surface area contributed by atoms with Crippen molar-refractivity contribution in [3.05, 3.63) is 58.1 Å². The van der Waals surface area contributed by atoms with Gasteiger partial charge < -0.3 is 14.2 Å². The number of nitrogens with one attached hydrogen (secondary N) is 2. The fourth-order valence-electron chi connectivity index (χ4n) is 2.67. The Morgan fingerprint density at radius 1 is 0.839 bits per heavy atom. The van der Waals surface area contributed by atoms with Crippen molar-refractivity contribution in [2.75, 3.05) is 26.9 Å². The first-order chi connectivity index (χ1) is 15.0. The van der Waals surface area contributed by atoms with Crippen LogP contribution in [0.15, 0.2) is 46.9 Å². The lowest BCUT2D eigenvalue weighted by Gasteiger charge is -2.11. The number of hydrazine groups is 1. The smallest absolute Gasteiger partial charge is 0.269 e. The number of rotatable bonds is 12. The summed E-state index contributed by atoms with van der Waals surface area (Å²) in [6, 6.07) is 11.7. The molecule has 0 aliphatic rings. The lowest BCUT2D eigenvalue weighted by atomic mass is 10.2. The first-order valence-corrected chi connectivity index (χ1v) is 11.1. The fraction of sp³-hybridized carbons (Fsp3) is 0.391. The Labute approximate surface area is 191 Å². The van der Waals surface area contributed by atoms with Crippen molar-refractivity contribution in [1.82, 2.24) is 10.9 Å². The van der Waals surface area contributed by atoms with Gasteiger partial charge in [-0.25, -0.2) is 0 Å². The topological polar surface area (TPSA) is 85.9 Å². The largest absolute Gasteiger partial charge is 0.494 e. The third-order valence-corrected chi connectivity index (χ3v) is 5.03. The predicted molar refractivity (Wildman–Crippen MR) is 123 cm³/mol. The van der Waals surface area contributed by atoms with E-state index in [2.05, 4.69) is 33.7 Å². The first-order valence-electron chi connectivity index (χ1n) is 10.3. The number of carbonyl (C=O) groups excluding carboxylic acids is 2. The molecule has 7 nitrogen and oxygen atoms in total. The Morgan fingerprint density at radius 2 is 1.52 bits per heavy atom. The third kappa shape index (κ3) is 8.59. The number of benzene rings is 2. The van der Waals surface area contributed by atoms with Gasteiger partial charge in [-0.1, -0.05) is 26.2 Å². The SMILES string of the molecule is CCCCCCOc1ccc(C(=O)NNC(=O)c2ccc(OCCOC)c(Br)c2)cc1. The summed E-state index contributed by atoms with van der Waals surface area (Å²) >= 11 is 3.38. The highest BCUT2D eigenvalue weighted by Crippen LogP contribution is 2.26. The normalized spacial score (nSPS) is 10.4. The van der Waals surface area contributed by atoms with Crippen LogP contribution in [0, 0.1) is 0 Å². The molecule has 0 radical (unpaired) electrons. The van der Waals surface area contributed by atoms with Crippen molar-refractivity contribution in [1.29, 1.82) is 0 Å². The molecule has 2 N–H and O–H groups in total. The molecule has 31 heavy (non-hydrogen) atoms. The molecule has 0 aliphatic carbocycles. The molecule has 0 unspecified atom stereocenters. The molecule has 0 heterocycles. The molecule has 0 bridgehead atoms. The van der Waals surface area contributed by atoms with Crippen LogP contribution in [0.4, 0.5) is 0 Å². The number of hydrogen-bond acceptors (Lipinski definition) is 5. The molecule has 8 heteroatoms. The predicted octanol–water partition coefficient (Wildman–Crippen LogP) is 4.51. The average Bonchev–Trinajstić information content (AvgIpc) is 2.78. The number of hydrogen-bond donors (Lipinski definition) is 2. The van der Waals surface area contributed by atoms with Crippen LogP contribution in [-0.4, -0.2) is 38.7 Å². The van der Waals surface area contributed by atoms with Crippen LogP contribution in [0.5, 0.6) is 11.5 Å². The minimum atomic E-state index is -0.440. The van der Waals surface area contributed by atoms with E-state index >= 15 is 0 Å². The average molecular weight is 493 g/mol. The summed E-state index contributed by atoms with van der Waals surface area (Å²) in [7, 11) is 1.60. The Kier molecular flexibility index (Phi) is 10.9. The van der Waals surface area contributed by atoms with E-state index < -0.39 is 11.8 Å². The minimum absolute atomic E-state index is 0.373. The van der Waals surface area contributed by atoms with Gasteiger partial charge in [-0.3, -0.25) is 20.4 Å². The lowest BCUT2D eigenvalue weighted by molar-refractivity contribution is 0.0846. The molecule has 2 amide bonds. The zero-order chi connectivity index (χ0) is 22.5. The number of ether oxygens (including phenoxy) is 3. The molecule has 0 aromatic heterocycles. The van der Waals surface area contributed by atoms with Crippen molar-refractivity contribution in [2.24, 2.45) is 0 Å². The van der Waals surface area contributed by atoms with E-state index in [0.29, 0.717) is 41.2 Å². The zero-order valence-corrected chi connectivity index (χ0v) is 19.5. The maximum atomic E-state index is 12.3. The second-order valence-electron chi connectivity index (χ2n) is 6.83. The van der Waals surface area contributed by atoms with Crippen LogP contribution in [0.3, 0.4) is 0 Å². The van der Waals surface area contributed by atoms with Crippen LogP contribution in [0.2, 0.25) is 0 Å². The van der Waals surface area contributed by atoms with E-state index in [1.165, 1.54) is 12.8 Å². The van der Waals surface area contributed by atoms with Crippen molar-refractivity contribution >= 4 is 27.7 Å². The summed E-state index contributed by atoms with van der Waals surface area (Å²) in [5.74, 6) is 0.464. The molecule has 2 aromatic rings. The van der Waals surface area contributed by atoms with Crippen molar-refractivity contribution in [3.8, 4) is 11.5 Å². The molecular formula is C23H29BrN2O5. The Hall–Kier alpha value is -2.58. The van der Waals surface area contributed by atoms with Crippen LogP contribution < -0.4 is 20.3 Å². The van der Waals surface area contributed by atoms with Gasteiger partial charge in [0.1, 0.15) is 18.1 Å². The monoisotopic (exact) mass is 492 g/mol. The molecule has 2 aromatic carbocycles. The highest BCUT2D eigenvalue weighted by atomic mass is 79.9. The molecule has 2 rings (SSSR count). The van der Waals surface area contributed by atoms with E-state index in [4.69, 9.17) is 14.2 Å². The Morgan fingerprint density at radius 3 is 2.16 bits per heavy atom. The summed E-state index contributed by atoms with van der Waals surface area (Å²) in [5.41, 5.74) is 5.62. The van der Waals surface area contributed by atoms with Crippen molar-refractivity contribution in [3.63, 3.8) is 0 Å². The number of halogens is 1. The Bertz CT molecular complexity index is 842. The van der Waals surface area contributed by atoms with Crippen LogP contribution in [0.25, 0.3) is 0 Å². The third-order valence-electron chi connectivity index (χ3n) is 4.41. The molecule has 0 saturated heterocycles. The fourth-order valence-corrected chi connectivity index (χ4v) is 3.17. The van der Waals surface area contributed by atoms with E-state index in [1.54, 1.807) is 49.6 Å². The summed E-state index contributed by atoms with van der Waals surface area (Å²) in [5, 5.41) is 0. The van der Waals surface area contributed by atoms with Gasteiger partial charge in [-0.2, -0.15) is 0 Å². The summed E-state index contributed by atoms with van der Waals surface area (Å²) < 4.78 is 16.8. The standard InChI is InChI=1S/C23H29BrN2O5/c1-3-4-5-6-13-30-19-10-7-17(8-11-19)22(27)25-26-23(28)18-9-12-21(20(24)16-18)31-15-14-29-2/h7-12,16H,3-6,13-15H2,1-2H3,(H,25,27)(H,26,28). The second kappa shape index (κ2) is 13.7. The molecule has 168 valence electrons. The first kappa shape index (κ1) is 24.7. The number of carbonyl (C=O) groups is 2. The highest BCUT2D eigenvalue weighted by Gasteiger charge is 2.12. The Balaban J connectivity index is 1.81. The van der Waals surface area contributed by atoms with Gasteiger partial charge in [0.15, 0.2) is 0 Å². The minimum Gasteiger partial charge on any atom is -0.494 e. The van der Waals surface area contributed by atoms with Crippen molar-refractivity contribution < 1.29 is 23.8 Å². The van der Waals surface area contributed by atoms with Gasteiger partial charge in [0.2, 0.25) is 0 Å². The molecule has 0 spiro atoms. The van der Waals surface area contributed by atoms with E-state index in [0.717, 1.165) is 18.6 Å². The quantitative estimate of drug-likeness (QED) is 0.336. The summed E-state index contributed by atoms with van der Waals surface area (Å²) in [4.78, 5) is 24.6. The van der Waals surface area contributed by atoms with Gasteiger partial charge in [0.05, 0.1) is 17.7 Å². The van der Waals surface area contributed by atoms with Gasteiger partial charge in [-0.05, 0) is 64.8 Å². The van der Waals surface area contributed by atoms with Crippen LogP contribution in [-0.2, 0) is 4.74 Å². The van der Waals surface area contributed by atoms with Gasteiger partial charge in [0.25, 0.3) is 11.8 Å². The van der Waals surface area contributed by atoms with Gasteiger partial charge in [-0.15, -0.1) is 0 Å². The van der Waals surface area contributed by atoms with Crippen molar-refractivity contribution in [2.45, 2.75) is 32.6 Å².